The maximum atomic E-state index is 13.7. The van der Waals surface area contributed by atoms with Gasteiger partial charge in [0.2, 0.25) is 0 Å². The van der Waals surface area contributed by atoms with Gasteiger partial charge in [-0.2, -0.15) is 0 Å². The van der Waals surface area contributed by atoms with E-state index in [4.69, 9.17) is 11.6 Å². The Balaban J connectivity index is 1.28. The topological polar surface area (TPSA) is 0 Å². The van der Waals surface area contributed by atoms with E-state index in [0.29, 0.717) is 5.92 Å². The van der Waals surface area contributed by atoms with E-state index in [9.17, 15) is 4.39 Å². The van der Waals surface area contributed by atoms with Gasteiger partial charge in [-0.25, -0.2) is 4.39 Å². The molecule has 0 aromatic heterocycles. The highest BCUT2D eigenvalue weighted by molar-refractivity contribution is 6.30. The second-order valence-electron chi connectivity index (χ2n) is 9.70. The Hall–Kier alpha value is -0.560. The van der Waals surface area contributed by atoms with Gasteiger partial charge in [0.1, 0.15) is 5.82 Å². The van der Waals surface area contributed by atoms with Gasteiger partial charge in [0.25, 0.3) is 0 Å². The molecule has 0 bridgehead atoms. The molecule has 2 aliphatic carbocycles. The Bertz CT molecular complexity index is 568. The fraction of sp³-hybridized carbons (Fsp3) is 0.769. The smallest absolute Gasteiger partial charge is 0.142 e. The van der Waals surface area contributed by atoms with Crippen LogP contribution in [0.3, 0.4) is 0 Å². The Kier molecular flexibility index (Phi) is 9.15. The number of hydrogen-bond donors (Lipinski definition) is 0. The number of benzene rings is 1. The van der Waals surface area contributed by atoms with Crippen LogP contribution in [0.4, 0.5) is 4.39 Å². The molecule has 2 fully saturated rings. The second-order valence-corrected chi connectivity index (χ2v) is 10.1. The molecule has 0 nitrogen and oxygen atoms in total. The van der Waals surface area contributed by atoms with Crippen LogP contribution in [0.15, 0.2) is 18.2 Å². The summed E-state index contributed by atoms with van der Waals surface area (Å²) < 4.78 is 13.7. The fourth-order valence-corrected chi connectivity index (χ4v) is 5.86. The lowest BCUT2D eigenvalue weighted by atomic mass is 9.75. The molecule has 0 amide bonds. The molecule has 3 rings (SSSR count). The number of halogens is 2. The summed E-state index contributed by atoms with van der Waals surface area (Å²) in [6, 6.07) is 5.40. The second kappa shape index (κ2) is 11.6. The van der Waals surface area contributed by atoms with Crippen LogP contribution in [-0.4, -0.2) is 0 Å². The molecule has 0 atom stereocenters. The molecule has 2 aliphatic rings. The van der Waals surface area contributed by atoms with E-state index in [0.717, 1.165) is 23.3 Å². The molecule has 1 aromatic rings. The lowest BCUT2D eigenvalue weighted by Crippen LogP contribution is -2.16. The van der Waals surface area contributed by atoms with Crippen LogP contribution < -0.4 is 0 Å². The van der Waals surface area contributed by atoms with Crippen molar-refractivity contribution in [3.05, 3.63) is 34.6 Å². The van der Waals surface area contributed by atoms with E-state index in [1.54, 1.807) is 12.1 Å². The van der Waals surface area contributed by atoms with Crippen molar-refractivity contribution in [2.75, 3.05) is 0 Å². The van der Waals surface area contributed by atoms with E-state index in [1.165, 1.54) is 96.3 Å². The number of rotatable bonds is 9. The fourth-order valence-electron chi connectivity index (χ4n) is 5.74. The van der Waals surface area contributed by atoms with Crippen molar-refractivity contribution < 1.29 is 4.39 Å². The van der Waals surface area contributed by atoms with E-state index < -0.39 is 0 Å². The molecule has 0 spiro atoms. The largest absolute Gasteiger partial charge is 0.205 e. The zero-order chi connectivity index (χ0) is 19.8. The molecule has 0 unspecified atom stereocenters. The van der Waals surface area contributed by atoms with Crippen LogP contribution in [-0.2, 0) is 0 Å². The highest BCUT2D eigenvalue weighted by Crippen LogP contribution is 2.39. The Morgan fingerprint density at radius 3 is 1.86 bits per heavy atom. The molecule has 2 saturated carbocycles. The SMILES string of the molecule is CCCCCC1CCC(CCCC2CCC(c3ccc(Cl)c(F)c3)CC2)CC1. The summed E-state index contributed by atoms with van der Waals surface area (Å²) in [5, 5.41) is 0.243. The van der Waals surface area contributed by atoms with Gasteiger partial charge in [-0.05, 0) is 67.1 Å². The highest BCUT2D eigenvalue weighted by atomic mass is 35.5. The van der Waals surface area contributed by atoms with E-state index in [1.807, 2.05) is 6.07 Å². The van der Waals surface area contributed by atoms with Gasteiger partial charge in [-0.1, -0.05) is 95.2 Å². The van der Waals surface area contributed by atoms with Crippen molar-refractivity contribution in [1.82, 2.24) is 0 Å². The predicted octanol–water partition coefficient (Wildman–Crippen LogP) is 9.31. The summed E-state index contributed by atoms with van der Waals surface area (Å²) in [4.78, 5) is 0. The van der Waals surface area contributed by atoms with Crippen molar-refractivity contribution in [2.24, 2.45) is 17.8 Å². The first-order valence-electron chi connectivity index (χ1n) is 12.1. The Morgan fingerprint density at radius 1 is 0.786 bits per heavy atom. The molecular formula is C26H40ClF. The zero-order valence-electron chi connectivity index (χ0n) is 17.9. The molecule has 28 heavy (non-hydrogen) atoms. The molecule has 158 valence electrons. The minimum atomic E-state index is -0.263. The molecule has 1 aromatic carbocycles. The predicted molar refractivity (Wildman–Crippen MR) is 120 cm³/mol. The molecule has 0 N–H and O–H groups in total. The normalized spacial score (nSPS) is 28.4. The summed E-state index contributed by atoms with van der Waals surface area (Å²) >= 11 is 5.83. The van der Waals surface area contributed by atoms with Crippen LogP contribution in [0.5, 0.6) is 0 Å². The van der Waals surface area contributed by atoms with Crippen LogP contribution in [0.25, 0.3) is 0 Å². The number of hydrogen-bond acceptors (Lipinski definition) is 0. The van der Waals surface area contributed by atoms with Crippen molar-refractivity contribution >= 4 is 11.6 Å². The Morgan fingerprint density at radius 2 is 1.32 bits per heavy atom. The lowest BCUT2D eigenvalue weighted by molar-refractivity contribution is 0.234. The summed E-state index contributed by atoms with van der Waals surface area (Å²) in [7, 11) is 0. The lowest BCUT2D eigenvalue weighted by Gasteiger charge is -2.31. The first-order valence-corrected chi connectivity index (χ1v) is 12.5. The average Bonchev–Trinajstić information content (AvgIpc) is 2.72. The number of unbranched alkanes of at least 4 members (excludes halogenated alkanes) is 2. The first kappa shape index (κ1) is 22.1. The van der Waals surface area contributed by atoms with Gasteiger partial charge < -0.3 is 0 Å². The third kappa shape index (κ3) is 6.75. The minimum absolute atomic E-state index is 0.243. The maximum Gasteiger partial charge on any atom is 0.142 e. The van der Waals surface area contributed by atoms with Crippen molar-refractivity contribution in [1.29, 1.82) is 0 Å². The zero-order valence-corrected chi connectivity index (χ0v) is 18.7. The monoisotopic (exact) mass is 406 g/mol. The van der Waals surface area contributed by atoms with Gasteiger partial charge in [0.05, 0.1) is 5.02 Å². The van der Waals surface area contributed by atoms with Gasteiger partial charge >= 0.3 is 0 Å². The van der Waals surface area contributed by atoms with Crippen molar-refractivity contribution in [2.45, 2.75) is 109 Å². The third-order valence-electron chi connectivity index (χ3n) is 7.67. The third-order valence-corrected chi connectivity index (χ3v) is 7.98. The van der Waals surface area contributed by atoms with Gasteiger partial charge in [-0.15, -0.1) is 0 Å². The quantitative estimate of drug-likeness (QED) is 0.358. The summed E-state index contributed by atoms with van der Waals surface area (Å²) in [6.07, 6.45) is 21.1. The first-order chi connectivity index (χ1) is 13.7. The van der Waals surface area contributed by atoms with Crippen LogP contribution in [0.1, 0.15) is 115 Å². The van der Waals surface area contributed by atoms with Crippen LogP contribution in [0, 0.1) is 23.6 Å². The van der Waals surface area contributed by atoms with E-state index in [-0.39, 0.29) is 10.8 Å². The van der Waals surface area contributed by atoms with Crippen molar-refractivity contribution in [3.63, 3.8) is 0 Å². The van der Waals surface area contributed by atoms with E-state index >= 15 is 0 Å². The summed E-state index contributed by atoms with van der Waals surface area (Å²) in [6.45, 7) is 2.31. The van der Waals surface area contributed by atoms with E-state index in [2.05, 4.69) is 6.92 Å². The van der Waals surface area contributed by atoms with Gasteiger partial charge in [0.15, 0.2) is 0 Å². The summed E-state index contributed by atoms with van der Waals surface area (Å²) in [5.41, 5.74) is 1.15. The molecule has 0 aliphatic heterocycles. The average molecular weight is 407 g/mol. The Labute approximate surface area is 177 Å². The van der Waals surface area contributed by atoms with Crippen LogP contribution in [0.2, 0.25) is 5.02 Å². The summed E-state index contributed by atoms with van der Waals surface area (Å²) in [5.74, 6) is 3.22. The molecule has 0 heterocycles. The van der Waals surface area contributed by atoms with Gasteiger partial charge in [-0.3, -0.25) is 0 Å². The van der Waals surface area contributed by atoms with Gasteiger partial charge in [0, 0.05) is 0 Å². The molecular weight excluding hydrogens is 367 g/mol. The standard InChI is InChI=1S/C26H40ClF/c1-2-3-4-6-20-9-11-21(12-10-20)7-5-8-22-13-15-23(16-14-22)24-17-18-25(27)26(28)19-24/h17-23H,2-16H2,1H3. The molecule has 0 saturated heterocycles. The van der Waals surface area contributed by atoms with Crippen LogP contribution >= 0.6 is 11.6 Å². The highest BCUT2D eigenvalue weighted by Gasteiger charge is 2.24. The molecule has 2 heteroatoms. The van der Waals surface area contributed by atoms with Crippen molar-refractivity contribution in [3.8, 4) is 0 Å². The maximum absolute atomic E-state index is 13.7. The molecule has 0 radical (unpaired) electrons. The minimum Gasteiger partial charge on any atom is -0.205 e.